The first-order valence-corrected chi connectivity index (χ1v) is 7.30. The second kappa shape index (κ2) is 6.12. The van der Waals surface area contributed by atoms with E-state index in [2.05, 4.69) is 0 Å². The molecule has 0 amide bonds. The van der Waals surface area contributed by atoms with Gasteiger partial charge in [-0.15, -0.1) is 0 Å². The first kappa shape index (κ1) is 14.6. The molecule has 0 fully saturated rings. The van der Waals surface area contributed by atoms with Crippen LogP contribution in [0.1, 0.15) is 34.1 Å². The number of aromatic nitrogens is 1. The Morgan fingerprint density at radius 2 is 2.00 bits per heavy atom. The molecule has 1 heterocycles. The van der Waals surface area contributed by atoms with E-state index in [1.807, 2.05) is 62.7 Å². The van der Waals surface area contributed by atoms with E-state index >= 15 is 0 Å². The molecule has 0 saturated carbocycles. The Morgan fingerprint density at radius 3 is 2.65 bits per heavy atom. The van der Waals surface area contributed by atoms with E-state index in [9.17, 15) is 4.79 Å². The summed E-state index contributed by atoms with van der Waals surface area (Å²) in [7, 11) is 0. The fourth-order valence-corrected chi connectivity index (χ4v) is 2.24. The quantitative estimate of drug-likeness (QED) is 0.795. The summed E-state index contributed by atoms with van der Waals surface area (Å²) in [6, 6.07) is 8.01. The molecule has 20 heavy (non-hydrogen) atoms. The van der Waals surface area contributed by atoms with Crippen molar-refractivity contribution >= 4 is 16.7 Å². The molecule has 3 nitrogen and oxygen atoms in total. The Kier molecular flexibility index (Phi) is 4.48. The van der Waals surface area contributed by atoms with Crippen LogP contribution >= 0.6 is 0 Å². The topological polar surface area (TPSA) is 31.2 Å². The number of ketones is 1. The fraction of sp³-hybridized carbons (Fsp3) is 0.471. The Balaban J connectivity index is 2.30. The number of carbonyl (C=O) groups is 1. The normalized spacial score (nSPS) is 12.8. The second-order valence-electron chi connectivity index (χ2n) is 5.57. The molecule has 0 saturated heterocycles. The highest BCUT2D eigenvalue weighted by Crippen LogP contribution is 2.27. The molecule has 0 aliphatic rings. The predicted molar refractivity (Wildman–Crippen MR) is 82.2 cm³/mol. The molecule has 1 atom stereocenters. The summed E-state index contributed by atoms with van der Waals surface area (Å²) in [6.07, 6.45) is 3.00. The zero-order valence-corrected chi connectivity index (χ0v) is 12.7. The number of nitrogens with zero attached hydrogens (tertiary/aromatic N) is 1. The second-order valence-corrected chi connectivity index (χ2v) is 5.57. The Morgan fingerprint density at radius 1 is 1.25 bits per heavy atom. The molecule has 2 aromatic rings. The van der Waals surface area contributed by atoms with Crippen LogP contribution in [0.25, 0.3) is 10.9 Å². The SMILES string of the molecule is CCC(C)C(=O)Cn1ccc2c(OC(C)C)cccc21. The standard InChI is InChI=1S/C17H23NO2/c1-5-13(4)16(19)11-18-10-9-14-15(18)7-6-8-17(14)20-12(2)3/h6-10,12-13H,5,11H2,1-4H3. The number of carbonyl (C=O) groups excluding carboxylic acids is 1. The number of rotatable bonds is 6. The van der Waals surface area contributed by atoms with Gasteiger partial charge in [0.15, 0.2) is 5.78 Å². The van der Waals surface area contributed by atoms with E-state index in [0.717, 1.165) is 23.1 Å². The summed E-state index contributed by atoms with van der Waals surface area (Å²) in [6.45, 7) is 8.50. The van der Waals surface area contributed by atoms with Crippen LogP contribution in [0.2, 0.25) is 0 Å². The van der Waals surface area contributed by atoms with Crippen LogP contribution in [0.15, 0.2) is 30.5 Å². The van der Waals surface area contributed by atoms with Crippen LogP contribution in [0.5, 0.6) is 5.75 Å². The van der Waals surface area contributed by atoms with Gasteiger partial charge in [0, 0.05) is 17.5 Å². The first-order valence-electron chi connectivity index (χ1n) is 7.30. The van der Waals surface area contributed by atoms with E-state index in [0.29, 0.717) is 6.54 Å². The van der Waals surface area contributed by atoms with Gasteiger partial charge in [0.1, 0.15) is 5.75 Å². The molecule has 0 radical (unpaired) electrons. The molecular formula is C17H23NO2. The maximum absolute atomic E-state index is 12.1. The Hall–Kier alpha value is -1.77. The van der Waals surface area contributed by atoms with Crippen molar-refractivity contribution in [2.75, 3.05) is 0 Å². The van der Waals surface area contributed by atoms with Gasteiger partial charge in [0.2, 0.25) is 0 Å². The highest BCUT2D eigenvalue weighted by molar-refractivity contribution is 5.88. The third-order valence-electron chi connectivity index (χ3n) is 3.62. The van der Waals surface area contributed by atoms with Gasteiger partial charge in [-0.1, -0.05) is 19.9 Å². The van der Waals surface area contributed by atoms with Crippen molar-refractivity contribution in [2.45, 2.75) is 46.8 Å². The van der Waals surface area contributed by atoms with Crippen molar-refractivity contribution in [2.24, 2.45) is 5.92 Å². The van der Waals surface area contributed by atoms with Gasteiger partial charge >= 0.3 is 0 Å². The van der Waals surface area contributed by atoms with E-state index in [1.165, 1.54) is 0 Å². The van der Waals surface area contributed by atoms with Gasteiger partial charge in [-0.2, -0.15) is 0 Å². The van der Waals surface area contributed by atoms with Gasteiger partial charge in [-0.05, 0) is 38.5 Å². The molecule has 0 N–H and O–H groups in total. The number of Topliss-reactive ketones (excluding diaryl/α,β-unsaturated/α-hetero) is 1. The highest BCUT2D eigenvalue weighted by atomic mass is 16.5. The number of benzene rings is 1. The maximum atomic E-state index is 12.1. The highest BCUT2D eigenvalue weighted by Gasteiger charge is 2.14. The zero-order chi connectivity index (χ0) is 14.7. The number of fused-ring (bicyclic) bond motifs is 1. The van der Waals surface area contributed by atoms with Crippen LogP contribution in [0.4, 0.5) is 0 Å². The third-order valence-corrected chi connectivity index (χ3v) is 3.62. The van der Waals surface area contributed by atoms with Crippen molar-refractivity contribution in [3.8, 4) is 5.75 Å². The van der Waals surface area contributed by atoms with Crippen LogP contribution in [-0.2, 0) is 11.3 Å². The molecule has 1 unspecified atom stereocenters. The predicted octanol–water partition coefficient (Wildman–Crippen LogP) is 4.04. The maximum Gasteiger partial charge on any atom is 0.155 e. The monoisotopic (exact) mass is 273 g/mol. The molecule has 108 valence electrons. The lowest BCUT2D eigenvalue weighted by Gasteiger charge is -2.12. The van der Waals surface area contributed by atoms with Crippen molar-refractivity contribution < 1.29 is 9.53 Å². The van der Waals surface area contributed by atoms with Crippen LogP contribution in [0.3, 0.4) is 0 Å². The largest absolute Gasteiger partial charge is 0.490 e. The lowest BCUT2D eigenvalue weighted by Crippen LogP contribution is -2.16. The van der Waals surface area contributed by atoms with Crippen molar-refractivity contribution in [1.82, 2.24) is 4.57 Å². The third kappa shape index (κ3) is 3.03. The molecule has 0 aliphatic carbocycles. The van der Waals surface area contributed by atoms with Crippen molar-refractivity contribution in [3.63, 3.8) is 0 Å². The van der Waals surface area contributed by atoms with Crippen LogP contribution in [0, 0.1) is 5.92 Å². The molecule has 0 aliphatic heterocycles. The Bertz CT molecular complexity index is 598. The van der Waals surface area contributed by atoms with Gasteiger partial charge in [0.25, 0.3) is 0 Å². The number of hydrogen-bond donors (Lipinski definition) is 0. The molecule has 3 heteroatoms. The van der Waals surface area contributed by atoms with Crippen LogP contribution < -0.4 is 4.74 Å². The van der Waals surface area contributed by atoms with Crippen molar-refractivity contribution in [1.29, 1.82) is 0 Å². The first-order chi connectivity index (χ1) is 9.52. The molecule has 2 rings (SSSR count). The van der Waals surface area contributed by atoms with Gasteiger partial charge in [-0.3, -0.25) is 4.79 Å². The fourth-order valence-electron chi connectivity index (χ4n) is 2.24. The molecule has 0 spiro atoms. The van der Waals surface area contributed by atoms with Gasteiger partial charge in [0.05, 0.1) is 18.2 Å². The van der Waals surface area contributed by atoms with Crippen LogP contribution in [-0.4, -0.2) is 16.5 Å². The van der Waals surface area contributed by atoms with E-state index in [4.69, 9.17) is 4.74 Å². The lowest BCUT2D eigenvalue weighted by molar-refractivity contribution is -0.122. The average molecular weight is 273 g/mol. The summed E-state index contributed by atoms with van der Waals surface area (Å²) < 4.78 is 7.83. The van der Waals surface area contributed by atoms with E-state index < -0.39 is 0 Å². The van der Waals surface area contributed by atoms with Gasteiger partial charge < -0.3 is 9.30 Å². The Labute approximate surface area is 120 Å². The molecule has 1 aromatic heterocycles. The summed E-state index contributed by atoms with van der Waals surface area (Å²) in [4.78, 5) is 12.1. The van der Waals surface area contributed by atoms with E-state index in [1.54, 1.807) is 0 Å². The number of ether oxygens (including phenoxy) is 1. The molecular weight excluding hydrogens is 250 g/mol. The number of hydrogen-bond acceptors (Lipinski definition) is 2. The van der Waals surface area contributed by atoms with Gasteiger partial charge in [-0.25, -0.2) is 0 Å². The summed E-state index contributed by atoms with van der Waals surface area (Å²) in [5.74, 6) is 1.27. The minimum atomic E-state index is 0.113. The smallest absolute Gasteiger partial charge is 0.155 e. The zero-order valence-electron chi connectivity index (χ0n) is 12.7. The summed E-state index contributed by atoms with van der Waals surface area (Å²) in [5, 5.41) is 1.07. The summed E-state index contributed by atoms with van der Waals surface area (Å²) in [5.41, 5.74) is 1.06. The minimum absolute atomic E-state index is 0.113. The average Bonchev–Trinajstić information content (AvgIpc) is 2.81. The molecule has 1 aromatic carbocycles. The van der Waals surface area contributed by atoms with E-state index in [-0.39, 0.29) is 17.8 Å². The molecule has 0 bridgehead atoms. The summed E-state index contributed by atoms with van der Waals surface area (Å²) >= 11 is 0. The lowest BCUT2D eigenvalue weighted by atomic mass is 10.0. The minimum Gasteiger partial charge on any atom is -0.490 e. The van der Waals surface area contributed by atoms with Crippen molar-refractivity contribution in [3.05, 3.63) is 30.5 Å².